The van der Waals surface area contributed by atoms with Gasteiger partial charge in [-0.25, -0.2) is 0 Å². The fraction of sp³-hybridized carbons (Fsp3) is 0.278. The van der Waals surface area contributed by atoms with E-state index in [1.54, 1.807) is 0 Å². The summed E-state index contributed by atoms with van der Waals surface area (Å²) in [6, 6.07) is 10.7. The first-order chi connectivity index (χ1) is 12.1. The summed E-state index contributed by atoms with van der Waals surface area (Å²) >= 11 is 0. The minimum Gasteiger partial charge on any atom is -0.383 e. The van der Waals surface area contributed by atoms with Crippen molar-refractivity contribution in [3.63, 3.8) is 0 Å². The Balaban J connectivity index is 2.39. The number of benzene rings is 1. The standard InChI is InChI=1S/C18H21N3O4/c1-19-17(23)15-10-14(16(22)20-8-9-25-2)12-21(18(15)24)11-13-6-4-3-5-7-13/h3-7,10,12H,8-9,11H2,1-2H3,(H,19,23)(H,20,22). The molecule has 7 nitrogen and oxygen atoms in total. The fourth-order valence-electron chi connectivity index (χ4n) is 2.32. The molecule has 132 valence electrons. The summed E-state index contributed by atoms with van der Waals surface area (Å²) in [6.07, 6.45) is 1.46. The zero-order valence-electron chi connectivity index (χ0n) is 14.2. The monoisotopic (exact) mass is 343 g/mol. The van der Waals surface area contributed by atoms with Crippen molar-refractivity contribution in [2.45, 2.75) is 6.54 Å². The highest BCUT2D eigenvalue weighted by atomic mass is 16.5. The van der Waals surface area contributed by atoms with E-state index in [2.05, 4.69) is 10.6 Å². The van der Waals surface area contributed by atoms with Crippen molar-refractivity contribution in [2.24, 2.45) is 0 Å². The van der Waals surface area contributed by atoms with Gasteiger partial charge >= 0.3 is 0 Å². The molecule has 0 aliphatic carbocycles. The molecule has 2 N–H and O–H groups in total. The summed E-state index contributed by atoms with van der Waals surface area (Å²) < 4.78 is 6.26. The van der Waals surface area contributed by atoms with Crippen LogP contribution in [0.25, 0.3) is 0 Å². The normalized spacial score (nSPS) is 10.3. The second-order valence-corrected chi connectivity index (χ2v) is 5.39. The Morgan fingerprint density at radius 3 is 2.52 bits per heavy atom. The van der Waals surface area contributed by atoms with Crippen LogP contribution in [0.1, 0.15) is 26.3 Å². The van der Waals surface area contributed by atoms with E-state index in [4.69, 9.17) is 4.74 Å². The molecule has 1 aromatic heterocycles. The highest BCUT2D eigenvalue weighted by molar-refractivity contribution is 5.99. The average Bonchev–Trinajstić information content (AvgIpc) is 2.63. The summed E-state index contributed by atoms with van der Waals surface area (Å²) in [6.45, 7) is 0.975. The van der Waals surface area contributed by atoms with Crippen molar-refractivity contribution in [3.05, 3.63) is 69.6 Å². The highest BCUT2D eigenvalue weighted by Gasteiger charge is 2.16. The third-order valence-corrected chi connectivity index (χ3v) is 3.61. The maximum Gasteiger partial charge on any atom is 0.263 e. The molecule has 25 heavy (non-hydrogen) atoms. The molecule has 2 aromatic rings. The molecule has 0 aliphatic heterocycles. The van der Waals surface area contributed by atoms with E-state index in [-0.39, 0.29) is 23.6 Å². The molecule has 0 radical (unpaired) electrons. The van der Waals surface area contributed by atoms with Gasteiger partial charge in [0.05, 0.1) is 18.7 Å². The smallest absolute Gasteiger partial charge is 0.263 e. The zero-order valence-corrected chi connectivity index (χ0v) is 14.2. The summed E-state index contributed by atoms with van der Waals surface area (Å²) in [5.41, 5.74) is 0.615. The lowest BCUT2D eigenvalue weighted by Crippen LogP contribution is -2.34. The van der Waals surface area contributed by atoms with Crippen LogP contribution in [0.5, 0.6) is 0 Å². The highest BCUT2D eigenvalue weighted by Crippen LogP contribution is 2.06. The molecular formula is C18H21N3O4. The fourth-order valence-corrected chi connectivity index (χ4v) is 2.32. The van der Waals surface area contributed by atoms with Gasteiger partial charge in [0.15, 0.2) is 0 Å². The number of carbonyl (C=O) groups is 2. The SMILES string of the molecule is CNC(=O)c1cc(C(=O)NCCOC)cn(Cc2ccccc2)c1=O. The summed E-state index contributed by atoms with van der Waals surface area (Å²) in [5, 5.41) is 5.11. The molecule has 2 rings (SSSR count). The van der Waals surface area contributed by atoms with Crippen molar-refractivity contribution in [2.75, 3.05) is 27.3 Å². The topological polar surface area (TPSA) is 89.4 Å². The van der Waals surface area contributed by atoms with Gasteiger partial charge in [0.25, 0.3) is 17.4 Å². The van der Waals surface area contributed by atoms with Gasteiger partial charge in [-0.3, -0.25) is 14.4 Å². The zero-order chi connectivity index (χ0) is 18.2. The van der Waals surface area contributed by atoms with Gasteiger partial charge in [-0.1, -0.05) is 30.3 Å². The summed E-state index contributed by atoms with van der Waals surface area (Å²) in [7, 11) is 2.98. The number of carbonyl (C=O) groups excluding carboxylic acids is 2. The molecule has 7 heteroatoms. The van der Waals surface area contributed by atoms with Crippen LogP contribution < -0.4 is 16.2 Å². The van der Waals surface area contributed by atoms with E-state index < -0.39 is 11.5 Å². The Bertz CT molecular complexity index is 800. The maximum atomic E-state index is 12.6. The van der Waals surface area contributed by atoms with Crippen LogP contribution in [0.2, 0.25) is 0 Å². The van der Waals surface area contributed by atoms with Crippen molar-refractivity contribution >= 4 is 11.8 Å². The van der Waals surface area contributed by atoms with Crippen molar-refractivity contribution in [1.29, 1.82) is 0 Å². The predicted octanol–water partition coefficient (Wildman–Crippen LogP) is 0.632. The lowest BCUT2D eigenvalue weighted by Gasteiger charge is -2.12. The number of nitrogens with one attached hydrogen (secondary N) is 2. The predicted molar refractivity (Wildman–Crippen MR) is 93.8 cm³/mol. The molecule has 1 heterocycles. The maximum absolute atomic E-state index is 12.6. The van der Waals surface area contributed by atoms with E-state index in [1.165, 1.54) is 31.0 Å². The second-order valence-electron chi connectivity index (χ2n) is 5.39. The summed E-state index contributed by atoms with van der Waals surface area (Å²) in [5.74, 6) is -0.901. The van der Waals surface area contributed by atoms with Gasteiger partial charge in [-0.05, 0) is 11.6 Å². The van der Waals surface area contributed by atoms with Crippen LogP contribution in [0, 0.1) is 0 Å². The van der Waals surface area contributed by atoms with E-state index in [0.717, 1.165) is 5.56 Å². The molecule has 0 unspecified atom stereocenters. The van der Waals surface area contributed by atoms with Gasteiger partial charge in [0.1, 0.15) is 5.56 Å². The number of pyridine rings is 1. The van der Waals surface area contributed by atoms with Gasteiger partial charge in [0.2, 0.25) is 0 Å². The number of aromatic nitrogens is 1. The molecule has 0 fully saturated rings. The van der Waals surface area contributed by atoms with E-state index in [1.807, 2.05) is 30.3 Å². The Morgan fingerprint density at radius 1 is 1.16 bits per heavy atom. The number of nitrogens with zero attached hydrogens (tertiary/aromatic N) is 1. The van der Waals surface area contributed by atoms with Gasteiger partial charge < -0.3 is 19.9 Å². The van der Waals surface area contributed by atoms with E-state index in [9.17, 15) is 14.4 Å². The average molecular weight is 343 g/mol. The van der Waals surface area contributed by atoms with Crippen LogP contribution in [0.3, 0.4) is 0 Å². The lowest BCUT2D eigenvalue weighted by atomic mass is 10.1. The number of amides is 2. The number of hydrogen-bond donors (Lipinski definition) is 2. The molecule has 0 saturated heterocycles. The Hall–Kier alpha value is -2.93. The minimum atomic E-state index is -0.529. The molecule has 0 saturated carbocycles. The molecule has 0 atom stereocenters. The van der Waals surface area contributed by atoms with Crippen molar-refractivity contribution < 1.29 is 14.3 Å². The van der Waals surface area contributed by atoms with E-state index >= 15 is 0 Å². The number of rotatable bonds is 7. The Morgan fingerprint density at radius 2 is 1.88 bits per heavy atom. The molecule has 1 aromatic carbocycles. The van der Waals surface area contributed by atoms with Crippen LogP contribution in [0.4, 0.5) is 0 Å². The van der Waals surface area contributed by atoms with Gasteiger partial charge in [-0.15, -0.1) is 0 Å². The first-order valence-corrected chi connectivity index (χ1v) is 7.84. The van der Waals surface area contributed by atoms with Crippen LogP contribution in [-0.2, 0) is 11.3 Å². The minimum absolute atomic E-state index is 0.0715. The molecule has 2 amide bonds. The van der Waals surface area contributed by atoms with Crippen LogP contribution in [0.15, 0.2) is 47.4 Å². The Kier molecular flexibility index (Phi) is 6.47. The number of hydrogen-bond acceptors (Lipinski definition) is 4. The molecular weight excluding hydrogens is 322 g/mol. The first-order valence-electron chi connectivity index (χ1n) is 7.84. The Labute approximate surface area is 145 Å². The third kappa shape index (κ3) is 4.77. The van der Waals surface area contributed by atoms with Crippen LogP contribution in [-0.4, -0.2) is 43.7 Å². The van der Waals surface area contributed by atoms with Crippen LogP contribution >= 0.6 is 0 Å². The lowest BCUT2D eigenvalue weighted by molar-refractivity contribution is 0.0936. The third-order valence-electron chi connectivity index (χ3n) is 3.61. The van der Waals surface area contributed by atoms with Crippen molar-refractivity contribution in [3.8, 4) is 0 Å². The number of methoxy groups -OCH3 is 1. The summed E-state index contributed by atoms with van der Waals surface area (Å²) in [4.78, 5) is 36.8. The second kappa shape index (κ2) is 8.79. The first kappa shape index (κ1) is 18.4. The van der Waals surface area contributed by atoms with E-state index in [0.29, 0.717) is 13.2 Å². The number of ether oxygens (including phenoxy) is 1. The molecule has 0 spiro atoms. The molecule has 0 aliphatic rings. The largest absolute Gasteiger partial charge is 0.383 e. The van der Waals surface area contributed by atoms with Gasteiger partial charge in [0, 0.05) is 26.9 Å². The quantitative estimate of drug-likeness (QED) is 0.722. The van der Waals surface area contributed by atoms with Crippen molar-refractivity contribution in [1.82, 2.24) is 15.2 Å². The van der Waals surface area contributed by atoms with Gasteiger partial charge in [-0.2, -0.15) is 0 Å². The molecule has 0 bridgehead atoms.